The molecule has 0 spiro atoms. The number of thiophene rings is 1. The second-order valence-corrected chi connectivity index (χ2v) is 8.47. The lowest BCUT2D eigenvalue weighted by atomic mass is 10.0. The van der Waals surface area contributed by atoms with Gasteiger partial charge in [0.2, 0.25) is 0 Å². The molecule has 7 nitrogen and oxygen atoms in total. The van der Waals surface area contributed by atoms with Crippen LogP contribution in [0.2, 0.25) is 0 Å². The fourth-order valence-corrected chi connectivity index (χ4v) is 4.82. The molecule has 0 unspecified atom stereocenters. The number of aryl methyl sites for hydroxylation is 1. The minimum Gasteiger partial charge on any atom is -0.459 e. The third kappa shape index (κ3) is 4.18. The zero-order valence-corrected chi connectivity index (χ0v) is 17.6. The van der Waals surface area contributed by atoms with Crippen molar-refractivity contribution in [3.63, 3.8) is 0 Å². The predicted molar refractivity (Wildman–Crippen MR) is 111 cm³/mol. The van der Waals surface area contributed by atoms with Gasteiger partial charge in [0.05, 0.1) is 4.88 Å². The number of rotatable bonds is 5. The lowest BCUT2D eigenvalue weighted by Crippen LogP contribution is -2.52. The van der Waals surface area contributed by atoms with Gasteiger partial charge in [-0.15, -0.1) is 11.3 Å². The van der Waals surface area contributed by atoms with E-state index in [-0.39, 0.29) is 25.2 Å². The quantitative estimate of drug-likeness (QED) is 0.684. The van der Waals surface area contributed by atoms with E-state index in [0.717, 1.165) is 16.0 Å². The normalized spacial score (nSPS) is 19.6. The van der Waals surface area contributed by atoms with Crippen LogP contribution in [0.15, 0.2) is 41.8 Å². The molecule has 0 aliphatic carbocycles. The van der Waals surface area contributed by atoms with E-state index in [1.54, 1.807) is 0 Å². The van der Waals surface area contributed by atoms with Crippen LogP contribution in [0.5, 0.6) is 0 Å². The van der Waals surface area contributed by atoms with Gasteiger partial charge in [0, 0.05) is 19.1 Å². The third-order valence-corrected chi connectivity index (χ3v) is 6.61. The predicted octanol–water partition coefficient (Wildman–Crippen LogP) is 3.23. The first-order valence-electron chi connectivity index (χ1n) is 10.0. The van der Waals surface area contributed by atoms with Crippen molar-refractivity contribution in [2.24, 2.45) is 0 Å². The minimum absolute atomic E-state index is 0.00000868. The Kier molecular flexibility index (Phi) is 6.03. The summed E-state index contributed by atoms with van der Waals surface area (Å²) in [5.74, 6) is -0.429. The number of ether oxygens (including phenoxy) is 2. The topological polar surface area (TPSA) is 76.2 Å². The van der Waals surface area contributed by atoms with Gasteiger partial charge in [-0.2, -0.15) is 0 Å². The first kappa shape index (κ1) is 20.4. The van der Waals surface area contributed by atoms with E-state index in [1.165, 1.54) is 16.2 Å². The van der Waals surface area contributed by atoms with E-state index in [1.807, 2.05) is 53.6 Å². The molecule has 158 valence electrons. The highest BCUT2D eigenvalue weighted by Gasteiger charge is 2.44. The zero-order chi connectivity index (χ0) is 21.1. The molecular weight excluding hydrogens is 404 g/mol. The number of likely N-dealkylation sites (tertiary alicyclic amines) is 1. The van der Waals surface area contributed by atoms with Crippen molar-refractivity contribution in [2.45, 2.75) is 38.5 Å². The van der Waals surface area contributed by atoms with Gasteiger partial charge in [-0.3, -0.25) is 9.69 Å². The molecule has 0 saturated carbocycles. The monoisotopic (exact) mass is 428 g/mol. The Bertz CT molecular complexity index is 921. The molecule has 3 heterocycles. The number of carbonyl (C=O) groups is 3. The van der Waals surface area contributed by atoms with Gasteiger partial charge in [-0.1, -0.05) is 30.3 Å². The average molecular weight is 429 g/mol. The molecule has 4 rings (SSSR count). The molecule has 2 fully saturated rings. The van der Waals surface area contributed by atoms with Crippen molar-refractivity contribution in [1.82, 2.24) is 9.80 Å². The molecule has 0 N–H and O–H groups in total. The van der Waals surface area contributed by atoms with E-state index >= 15 is 0 Å². The summed E-state index contributed by atoms with van der Waals surface area (Å²) in [7, 11) is 0. The first-order valence-corrected chi connectivity index (χ1v) is 10.9. The van der Waals surface area contributed by atoms with Crippen molar-refractivity contribution in [3.05, 3.63) is 57.8 Å². The summed E-state index contributed by atoms with van der Waals surface area (Å²) in [5, 5.41) is 1.92. The van der Waals surface area contributed by atoms with E-state index in [9.17, 15) is 14.4 Å². The lowest BCUT2D eigenvalue weighted by molar-refractivity contribution is -0.150. The molecule has 2 aromatic rings. The van der Waals surface area contributed by atoms with Gasteiger partial charge in [-0.05, 0) is 42.3 Å². The number of piperidine rings is 1. The number of carbonyl (C=O) groups excluding carboxylic acids is 3. The van der Waals surface area contributed by atoms with Crippen LogP contribution >= 0.6 is 11.3 Å². The molecule has 30 heavy (non-hydrogen) atoms. The molecular formula is C22H24N2O5S. The van der Waals surface area contributed by atoms with Crippen LogP contribution in [0.3, 0.4) is 0 Å². The Balaban J connectivity index is 1.35. The van der Waals surface area contributed by atoms with Gasteiger partial charge in [0.1, 0.15) is 13.2 Å². The van der Waals surface area contributed by atoms with Crippen molar-refractivity contribution in [3.8, 4) is 0 Å². The Hall–Kier alpha value is -2.87. The Morgan fingerprint density at radius 3 is 2.57 bits per heavy atom. The molecule has 2 saturated heterocycles. The van der Waals surface area contributed by atoms with Gasteiger partial charge >= 0.3 is 12.1 Å². The standard InChI is InChI=1S/C22H24N2O5S/c1-15-9-12-30-19(15)20(25)23-10-7-17(8-11-23)24-18(14-29-22(24)27)21(26)28-13-16-5-3-2-4-6-16/h2-6,9,12,17-18H,7-8,10-11,13-14H2,1H3/t18-/m0/s1. The fourth-order valence-electron chi connectivity index (χ4n) is 3.92. The van der Waals surface area contributed by atoms with Crippen molar-refractivity contribution in [2.75, 3.05) is 19.7 Å². The molecule has 1 atom stereocenters. The van der Waals surface area contributed by atoms with Gasteiger partial charge in [0.25, 0.3) is 5.91 Å². The van der Waals surface area contributed by atoms with Crippen LogP contribution in [-0.4, -0.2) is 59.5 Å². The highest BCUT2D eigenvalue weighted by molar-refractivity contribution is 7.12. The summed E-state index contributed by atoms with van der Waals surface area (Å²) >= 11 is 1.45. The van der Waals surface area contributed by atoms with Crippen LogP contribution in [0.1, 0.15) is 33.6 Å². The third-order valence-electron chi connectivity index (χ3n) is 5.61. The molecule has 2 aliphatic heterocycles. The second kappa shape index (κ2) is 8.87. The number of amides is 2. The second-order valence-electron chi connectivity index (χ2n) is 7.55. The summed E-state index contributed by atoms with van der Waals surface area (Å²) in [6.45, 7) is 3.17. The molecule has 1 aromatic carbocycles. The summed E-state index contributed by atoms with van der Waals surface area (Å²) in [4.78, 5) is 41.8. The van der Waals surface area contributed by atoms with Gasteiger partial charge < -0.3 is 14.4 Å². The number of benzene rings is 1. The fraction of sp³-hybridized carbons (Fsp3) is 0.409. The maximum atomic E-state index is 12.7. The first-order chi connectivity index (χ1) is 14.5. The molecule has 2 aliphatic rings. The van der Waals surface area contributed by atoms with Crippen LogP contribution in [-0.2, 0) is 20.9 Å². The van der Waals surface area contributed by atoms with E-state index in [2.05, 4.69) is 0 Å². The smallest absolute Gasteiger partial charge is 0.410 e. The summed E-state index contributed by atoms with van der Waals surface area (Å²) in [6.07, 6.45) is 0.720. The summed E-state index contributed by atoms with van der Waals surface area (Å²) in [6, 6.07) is 10.5. The Morgan fingerprint density at radius 1 is 1.17 bits per heavy atom. The van der Waals surface area contributed by atoms with E-state index in [4.69, 9.17) is 9.47 Å². The maximum absolute atomic E-state index is 12.7. The van der Waals surface area contributed by atoms with Crippen molar-refractivity contribution >= 4 is 29.3 Å². The minimum atomic E-state index is -0.743. The Morgan fingerprint density at radius 2 is 1.90 bits per heavy atom. The zero-order valence-electron chi connectivity index (χ0n) is 16.8. The number of hydrogen-bond acceptors (Lipinski definition) is 6. The highest BCUT2D eigenvalue weighted by Crippen LogP contribution is 2.27. The lowest BCUT2D eigenvalue weighted by Gasteiger charge is -2.37. The van der Waals surface area contributed by atoms with Crippen molar-refractivity contribution < 1.29 is 23.9 Å². The van der Waals surface area contributed by atoms with Gasteiger partial charge in [0.15, 0.2) is 6.04 Å². The molecule has 1 aromatic heterocycles. The molecule has 8 heteroatoms. The largest absolute Gasteiger partial charge is 0.459 e. The molecule has 2 amide bonds. The van der Waals surface area contributed by atoms with Crippen LogP contribution < -0.4 is 0 Å². The van der Waals surface area contributed by atoms with Crippen LogP contribution in [0.4, 0.5) is 4.79 Å². The van der Waals surface area contributed by atoms with Crippen LogP contribution in [0, 0.1) is 6.92 Å². The Labute approximate surface area is 179 Å². The van der Waals surface area contributed by atoms with Gasteiger partial charge in [-0.25, -0.2) is 9.59 Å². The summed E-state index contributed by atoms with van der Waals surface area (Å²) < 4.78 is 10.6. The number of cyclic esters (lactones) is 1. The highest BCUT2D eigenvalue weighted by atomic mass is 32.1. The van der Waals surface area contributed by atoms with Crippen LogP contribution in [0.25, 0.3) is 0 Å². The number of hydrogen-bond donors (Lipinski definition) is 0. The van der Waals surface area contributed by atoms with Crippen molar-refractivity contribution in [1.29, 1.82) is 0 Å². The summed E-state index contributed by atoms with van der Waals surface area (Å²) in [5.41, 5.74) is 1.87. The maximum Gasteiger partial charge on any atom is 0.410 e. The SMILES string of the molecule is Cc1ccsc1C(=O)N1CCC(N2C(=O)OC[C@H]2C(=O)OCc2ccccc2)CC1. The van der Waals surface area contributed by atoms with E-state index in [0.29, 0.717) is 25.9 Å². The number of esters is 1. The molecule has 0 radical (unpaired) electrons. The number of nitrogens with zero attached hydrogens (tertiary/aromatic N) is 2. The van der Waals surface area contributed by atoms with E-state index < -0.39 is 18.1 Å². The molecule has 0 bridgehead atoms. The average Bonchev–Trinajstić information content (AvgIpc) is 3.38.